The van der Waals surface area contributed by atoms with Gasteiger partial charge in [-0.3, -0.25) is 29.0 Å². The highest BCUT2D eigenvalue weighted by molar-refractivity contribution is 6.39. The van der Waals surface area contributed by atoms with E-state index in [9.17, 15) is 24.0 Å². The average Bonchev–Trinajstić information content (AvgIpc) is 4.05. The number of nitrogens with zero attached hydrogens (tertiary/aromatic N) is 3. The topological polar surface area (TPSA) is 156 Å². The van der Waals surface area contributed by atoms with Gasteiger partial charge >= 0.3 is 0 Å². The Bertz CT molecular complexity index is 1790. The zero-order valence-corrected chi connectivity index (χ0v) is 32.7. The molecule has 12 heteroatoms. The maximum absolute atomic E-state index is 14.8. The number of ether oxygens (including phenoxy) is 1. The molecule has 1 aromatic heterocycles. The molecule has 12 nitrogen and oxygen atoms in total. The van der Waals surface area contributed by atoms with Crippen LogP contribution in [0.1, 0.15) is 114 Å². The summed E-state index contributed by atoms with van der Waals surface area (Å²) in [6.45, 7) is 14.0. The number of oxime groups is 1. The summed E-state index contributed by atoms with van der Waals surface area (Å²) < 4.78 is 5.85. The van der Waals surface area contributed by atoms with E-state index < -0.39 is 52.5 Å². The van der Waals surface area contributed by atoms with Crippen molar-refractivity contribution in [2.24, 2.45) is 22.4 Å². The van der Waals surface area contributed by atoms with Crippen LogP contribution in [-0.2, 0) is 28.8 Å². The molecular weight excluding hydrogens is 686 g/mol. The predicted octanol–water partition coefficient (Wildman–Crippen LogP) is 5.12. The van der Waals surface area contributed by atoms with Crippen LogP contribution in [0.25, 0.3) is 0 Å². The fourth-order valence-electron chi connectivity index (χ4n) is 8.01. The summed E-state index contributed by atoms with van der Waals surface area (Å²) in [5, 5.41) is 10.4. The van der Waals surface area contributed by atoms with Gasteiger partial charge in [0.2, 0.25) is 29.3 Å². The van der Waals surface area contributed by atoms with Gasteiger partial charge in [-0.2, -0.15) is 0 Å². The highest BCUT2D eigenvalue weighted by Gasteiger charge is 2.56. The maximum atomic E-state index is 14.8. The van der Waals surface area contributed by atoms with Gasteiger partial charge in [0.15, 0.2) is 5.60 Å². The first-order chi connectivity index (χ1) is 25.6. The van der Waals surface area contributed by atoms with E-state index in [1.807, 2.05) is 72.7 Å². The van der Waals surface area contributed by atoms with Crippen molar-refractivity contribution in [3.8, 4) is 5.75 Å². The molecular formula is C42H55N5O7. The Morgan fingerprint density at radius 3 is 2.31 bits per heavy atom. The first-order valence-electron chi connectivity index (χ1n) is 19.5. The van der Waals surface area contributed by atoms with Crippen LogP contribution in [0.5, 0.6) is 5.75 Å². The van der Waals surface area contributed by atoms with Gasteiger partial charge < -0.3 is 25.1 Å². The number of likely N-dealkylation sites (tertiary alicyclic amines) is 1. The number of hydrogen-bond acceptors (Lipinski definition) is 9. The van der Waals surface area contributed by atoms with Gasteiger partial charge in [-0.25, -0.2) is 0 Å². The second kappa shape index (κ2) is 15.6. The van der Waals surface area contributed by atoms with Crippen molar-refractivity contribution < 1.29 is 33.5 Å². The average molecular weight is 742 g/mol. The third kappa shape index (κ3) is 8.52. The van der Waals surface area contributed by atoms with Gasteiger partial charge in [-0.05, 0) is 105 Å². The van der Waals surface area contributed by atoms with Crippen molar-refractivity contribution in [3.05, 3.63) is 58.9 Å². The van der Waals surface area contributed by atoms with Crippen molar-refractivity contribution in [1.82, 2.24) is 20.5 Å². The highest BCUT2D eigenvalue weighted by Crippen LogP contribution is 2.48. The predicted molar refractivity (Wildman–Crippen MR) is 203 cm³/mol. The van der Waals surface area contributed by atoms with E-state index in [1.54, 1.807) is 12.4 Å². The molecule has 54 heavy (non-hydrogen) atoms. The van der Waals surface area contributed by atoms with Crippen molar-refractivity contribution in [1.29, 1.82) is 0 Å². The minimum atomic E-state index is -1.03. The smallest absolute Gasteiger partial charge is 0.246 e. The molecule has 3 fully saturated rings. The van der Waals surface area contributed by atoms with E-state index in [0.717, 1.165) is 40.8 Å². The molecule has 6 atom stereocenters. The number of Topliss-reactive ketones (excluding diaryl/α,β-unsaturated/α-hetero) is 2. The molecule has 2 saturated carbocycles. The molecule has 1 spiro atoms. The van der Waals surface area contributed by atoms with E-state index in [-0.39, 0.29) is 43.0 Å². The van der Waals surface area contributed by atoms with Crippen LogP contribution in [0.15, 0.2) is 41.8 Å². The number of rotatable bonds is 15. The lowest BCUT2D eigenvalue weighted by atomic mass is 9.85. The third-order valence-corrected chi connectivity index (χ3v) is 11.2. The Hall–Kier alpha value is -4.61. The number of carbonyl (C=O) groups is 5. The van der Waals surface area contributed by atoms with Crippen LogP contribution in [0, 0.1) is 31.1 Å². The van der Waals surface area contributed by atoms with E-state index >= 15 is 0 Å². The molecule has 3 amide bonds. The van der Waals surface area contributed by atoms with E-state index in [0.29, 0.717) is 38.0 Å². The number of carbonyl (C=O) groups excluding carboxylic acids is 5. The number of nitrogens with one attached hydrogen (secondary N) is 2. The fourth-order valence-corrected chi connectivity index (χ4v) is 8.01. The Kier molecular flexibility index (Phi) is 11.3. The summed E-state index contributed by atoms with van der Waals surface area (Å²) in [5.41, 5.74) is 2.78. The number of benzene rings is 1. The number of aromatic nitrogens is 1. The molecule has 4 aliphatic rings. The molecule has 1 saturated heterocycles. The van der Waals surface area contributed by atoms with Gasteiger partial charge in [0.05, 0.1) is 24.9 Å². The Morgan fingerprint density at radius 1 is 1.02 bits per heavy atom. The Morgan fingerprint density at radius 2 is 1.70 bits per heavy atom. The summed E-state index contributed by atoms with van der Waals surface area (Å²) in [7, 11) is 0. The standard InChI is InChI=1S/C42H55N5O7/c1-8-10-31(35(49)34(48)19-26-11-12-26)44-39(51)33-22-42(21-32(46-54-42)28-17-24(3)36(53-9-2)25(4)18-28)23-47(33)40(52)37(41(5,6)7)45-38(50)30-20-29(30)27-13-15-43-16-14-27/h13-18,26,29-31,33,37H,8-12,19-23H2,1-7H3,(H,44,51)(H,45,50)/t29?,30?,31-,33-,37+,42+/m0/s1. The minimum absolute atomic E-state index is 0.0461. The zero-order valence-electron chi connectivity index (χ0n) is 32.7. The van der Waals surface area contributed by atoms with E-state index in [1.165, 1.54) is 4.90 Å². The fraction of sp³-hybridized carbons (Fsp3) is 0.595. The minimum Gasteiger partial charge on any atom is -0.493 e. The van der Waals surface area contributed by atoms with Gasteiger partial charge in [0, 0.05) is 43.1 Å². The molecule has 6 rings (SSSR count). The third-order valence-electron chi connectivity index (χ3n) is 11.2. The molecule has 0 bridgehead atoms. The number of amides is 3. The lowest BCUT2D eigenvalue weighted by Crippen LogP contribution is -2.59. The second-order valence-corrected chi connectivity index (χ2v) is 16.9. The summed E-state index contributed by atoms with van der Waals surface area (Å²) in [4.78, 5) is 80.8. The normalized spacial score (nSPS) is 24.3. The molecule has 2 unspecified atom stereocenters. The van der Waals surface area contributed by atoms with Gasteiger partial charge in [0.1, 0.15) is 17.8 Å². The summed E-state index contributed by atoms with van der Waals surface area (Å²) in [6, 6.07) is 4.83. The molecule has 2 aliphatic carbocycles. The SMILES string of the molecule is CCC[C@H](NC(=O)[C@@H]1C[C@]2(CC(c3cc(C)c(OCC)c(C)c3)=NO2)CN1C(=O)[C@@H](NC(=O)C1CC1c1ccncc1)C(C)(C)C)C(=O)C(=O)CC1CC1. The van der Waals surface area contributed by atoms with Crippen molar-refractivity contribution >= 4 is 35.0 Å². The number of aryl methyl sites for hydroxylation is 2. The van der Waals surface area contributed by atoms with Gasteiger partial charge in [-0.15, -0.1) is 0 Å². The second-order valence-electron chi connectivity index (χ2n) is 16.9. The number of ketones is 2. The Balaban J connectivity index is 1.25. The van der Waals surface area contributed by atoms with Crippen LogP contribution in [0.2, 0.25) is 0 Å². The summed E-state index contributed by atoms with van der Waals surface area (Å²) in [5.74, 6) is -1.40. The molecule has 2 aliphatic heterocycles. The number of hydrogen-bond donors (Lipinski definition) is 2. The van der Waals surface area contributed by atoms with E-state index in [2.05, 4.69) is 20.8 Å². The van der Waals surface area contributed by atoms with Crippen LogP contribution in [-0.4, -0.2) is 81.8 Å². The largest absolute Gasteiger partial charge is 0.493 e. The molecule has 290 valence electrons. The Labute approximate surface area is 318 Å². The lowest BCUT2D eigenvalue weighted by molar-refractivity contribution is -0.145. The van der Waals surface area contributed by atoms with Crippen molar-refractivity contribution in [2.75, 3.05) is 13.2 Å². The summed E-state index contributed by atoms with van der Waals surface area (Å²) in [6.07, 6.45) is 7.48. The van der Waals surface area contributed by atoms with Crippen molar-refractivity contribution in [3.63, 3.8) is 0 Å². The molecule has 0 radical (unpaired) electrons. The monoisotopic (exact) mass is 741 g/mol. The zero-order chi connectivity index (χ0) is 38.9. The van der Waals surface area contributed by atoms with Gasteiger partial charge in [-0.1, -0.05) is 39.3 Å². The molecule has 1 aromatic carbocycles. The van der Waals surface area contributed by atoms with Gasteiger partial charge in [0.25, 0.3) is 0 Å². The van der Waals surface area contributed by atoms with Crippen LogP contribution >= 0.6 is 0 Å². The first-order valence-corrected chi connectivity index (χ1v) is 19.5. The quantitative estimate of drug-likeness (QED) is 0.239. The highest BCUT2D eigenvalue weighted by atomic mass is 16.7. The lowest BCUT2D eigenvalue weighted by Gasteiger charge is -2.35. The van der Waals surface area contributed by atoms with E-state index in [4.69, 9.17) is 9.57 Å². The molecule has 3 heterocycles. The maximum Gasteiger partial charge on any atom is 0.246 e. The van der Waals surface area contributed by atoms with Crippen LogP contribution < -0.4 is 15.4 Å². The number of pyridine rings is 1. The van der Waals surface area contributed by atoms with Crippen molar-refractivity contribution in [2.45, 2.75) is 129 Å². The first kappa shape index (κ1) is 39.1. The molecule has 2 N–H and O–H groups in total. The molecule has 2 aromatic rings. The summed E-state index contributed by atoms with van der Waals surface area (Å²) >= 11 is 0. The van der Waals surface area contributed by atoms with Crippen LogP contribution in [0.3, 0.4) is 0 Å². The van der Waals surface area contributed by atoms with Crippen LogP contribution in [0.4, 0.5) is 0 Å².